The van der Waals surface area contributed by atoms with Gasteiger partial charge >= 0.3 is 5.97 Å². The molecule has 0 radical (unpaired) electrons. The van der Waals surface area contributed by atoms with E-state index in [1.165, 1.54) is 225 Å². The zero-order valence-corrected chi connectivity index (χ0v) is 44.0. The molecule has 0 fully saturated rings. The molecule has 0 aromatic heterocycles. The molecule has 0 aliphatic carbocycles. The number of hydrogen-bond donors (Lipinski definition) is 3. The summed E-state index contributed by atoms with van der Waals surface area (Å²) < 4.78 is 5.48. The first-order chi connectivity index (χ1) is 32.0. The lowest BCUT2D eigenvalue weighted by molar-refractivity contribution is -0.143. The molecule has 0 rings (SSSR count). The van der Waals surface area contributed by atoms with E-state index in [2.05, 4.69) is 31.3 Å². The van der Waals surface area contributed by atoms with Crippen molar-refractivity contribution in [2.45, 2.75) is 341 Å². The molecular formula is C59H115NO5. The Morgan fingerprint density at radius 3 is 1.11 bits per heavy atom. The number of ether oxygens (including phenoxy) is 1. The average molecular weight is 919 g/mol. The Labute approximate surface area is 406 Å². The van der Waals surface area contributed by atoms with Crippen molar-refractivity contribution in [3.63, 3.8) is 0 Å². The van der Waals surface area contributed by atoms with Crippen LogP contribution in [0.3, 0.4) is 0 Å². The number of aliphatic hydroxyl groups is 2. The van der Waals surface area contributed by atoms with E-state index in [9.17, 15) is 19.8 Å². The van der Waals surface area contributed by atoms with Crippen LogP contribution in [0.4, 0.5) is 0 Å². The first-order valence-electron chi connectivity index (χ1n) is 29.4. The Hall–Kier alpha value is -1.40. The lowest BCUT2D eigenvalue weighted by atomic mass is 10.0. The van der Waals surface area contributed by atoms with Gasteiger partial charge in [-0.15, -0.1) is 0 Å². The summed E-state index contributed by atoms with van der Waals surface area (Å²) in [6.45, 7) is 4.94. The minimum Gasteiger partial charge on any atom is -0.466 e. The molecular weight excluding hydrogens is 803 g/mol. The number of esters is 1. The van der Waals surface area contributed by atoms with Gasteiger partial charge in [-0.25, -0.2) is 0 Å². The van der Waals surface area contributed by atoms with Gasteiger partial charge in [0.2, 0.25) is 5.91 Å². The fourth-order valence-electron chi connectivity index (χ4n) is 9.28. The molecule has 6 nitrogen and oxygen atoms in total. The molecule has 386 valence electrons. The summed E-state index contributed by atoms with van der Waals surface area (Å²) in [6.07, 6.45) is 64.9. The van der Waals surface area contributed by atoms with E-state index in [1.807, 2.05) is 0 Å². The second-order valence-electron chi connectivity index (χ2n) is 20.3. The lowest BCUT2D eigenvalue weighted by Gasteiger charge is -2.22. The predicted molar refractivity (Wildman–Crippen MR) is 283 cm³/mol. The average Bonchev–Trinajstić information content (AvgIpc) is 3.31. The number of allylic oxidation sites excluding steroid dienone is 2. The summed E-state index contributed by atoms with van der Waals surface area (Å²) >= 11 is 0. The maximum atomic E-state index is 12.5. The van der Waals surface area contributed by atoms with Gasteiger partial charge in [0, 0.05) is 12.8 Å². The Kier molecular flexibility index (Phi) is 54.0. The first-order valence-corrected chi connectivity index (χ1v) is 29.4. The summed E-state index contributed by atoms with van der Waals surface area (Å²) in [6, 6.07) is -0.561. The topological polar surface area (TPSA) is 95.9 Å². The standard InChI is InChI=1S/C59H115NO5/c1-3-5-7-9-11-13-15-17-19-21-23-24-27-31-35-39-43-47-51-57(62)56(55-61)60-58(63)52-48-44-40-36-32-28-26-30-34-38-42-46-50-54-65-59(64)53-49-45-41-37-33-29-25-22-20-18-16-14-12-10-8-6-4-2/h28,32,56-57,61-62H,3-27,29-31,33-55H2,1-2H3,(H,60,63)/b32-28-. The van der Waals surface area contributed by atoms with E-state index >= 15 is 0 Å². The summed E-state index contributed by atoms with van der Waals surface area (Å²) in [7, 11) is 0. The second kappa shape index (κ2) is 55.2. The maximum Gasteiger partial charge on any atom is 0.305 e. The third-order valence-corrected chi connectivity index (χ3v) is 13.8. The monoisotopic (exact) mass is 918 g/mol. The van der Waals surface area contributed by atoms with E-state index < -0.39 is 12.1 Å². The number of hydrogen-bond acceptors (Lipinski definition) is 5. The normalized spacial score (nSPS) is 12.6. The van der Waals surface area contributed by atoms with Gasteiger partial charge in [-0.2, -0.15) is 0 Å². The number of nitrogens with one attached hydrogen (secondary N) is 1. The Balaban J connectivity index is 3.46. The lowest BCUT2D eigenvalue weighted by Crippen LogP contribution is -2.45. The third-order valence-electron chi connectivity index (χ3n) is 13.8. The second-order valence-corrected chi connectivity index (χ2v) is 20.3. The fraction of sp³-hybridized carbons (Fsp3) is 0.932. The van der Waals surface area contributed by atoms with Crippen molar-refractivity contribution >= 4 is 11.9 Å². The van der Waals surface area contributed by atoms with Crippen molar-refractivity contribution in [2.24, 2.45) is 0 Å². The number of carbonyl (C=O) groups is 2. The van der Waals surface area contributed by atoms with Crippen molar-refractivity contribution in [3.8, 4) is 0 Å². The molecule has 2 atom stereocenters. The minimum atomic E-state index is -0.681. The van der Waals surface area contributed by atoms with Gasteiger partial charge in [0.15, 0.2) is 0 Å². The van der Waals surface area contributed by atoms with Crippen LogP contribution in [0, 0.1) is 0 Å². The van der Waals surface area contributed by atoms with Crippen molar-refractivity contribution in [1.82, 2.24) is 5.32 Å². The van der Waals surface area contributed by atoms with Crippen LogP contribution in [0.2, 0.25) is 0 Å². The highest BCUT2D eigenvalue weighted by atomic mass is 16.5. The van der Waals surface area contributed by atoms with Crippen molar-refractivity contribution in [2.75, 3.05) is 13.2 Å². The molecule has 0 bridgehead atoms. The van der Waals surface area contributed by atoms with E-state index in [4.69, 9.17) is 4.74 Å². The predicted octanol–water partition coefficient (Wildman–Crippen LogP) is 18.1. The highest BCUT2D eigenvalue weighted by molar-refractivity contribution is 5.76. The molecule has 0 aromatic rings. The molecule has 0 spiro atoms. The number of unbranched alkanes of at least 4 members (excludes halogenated alkanes) is 42. The molecule has 0 aromatic carbocycles. The van der Waals surface area contributed by atoms with Crippen LogP contribution in [0.1, 0.15) is 328 Å². The minimum absolute atomic E-state index is 0.00778. The van der Waals surface area contributed by atoms with Crippen molar-refractivity contribution in [1.29, 1.82) is 0 Å². The highest BCUT2D eigenvalue weighted by Gasteiger charge is 2.20. The van der Waals surface area contributed by atoms with E-state index in [0.29, 0.717) is 25.9 Å². The SMILES string of the molecule is CCCCCCCCCCCCCCCCCCCCC(O)C(CO)NC(=O)CCCCC/C=C\CCCCCCCCOC(=O)CCCCCCCCCCCCCCCCCCC. The van der Waals surface area contributed by atoms with Gasteiger partial charge in [-0.1, -0.05) is 276 Å². The highest BCUT2D eigenvalue weighted by Crippen LogP contribution is 2.18. The fourth-order valence-corrected chi connectivity index (χ4v) is 9.28. The Morgan fingerprint density at radius 1 is 0.415 bits per heavy atom. The van der Waals surface area contributed by atoms with Gasteiger partial charge in [0.1, 0.15) is 0 Å². The largest absolute Gasteiger partial charge is 0.466 e. The summed E-state index contributed by atoms with van der Waals surface area (Å²) in [5.41, 5.74) is 0. The number of rotatable bonds is 55. The molecule has 65 heavy (non-hydrogen) atoms. The summed E-state index contributed by atoms with van der Waals surface area (Å²) in [5, 5.41) is 23.3. The number of aliphatic hydroxyl groups excluding tert-OH is 2. The first kappa shape index (κ1) is 63.6. The van der Waals surface area contributed by atoms with Crippen LogP contribution in [-0.2, 0) is 14.3 Å². The summed E-state index contributed by atoms with van der Waals surface area (Å²) in [5.74, 6) is -0.0695. The Morgan fingerprint density at radius 2 is 0.723 bits per heavy atom. The smallest absolute Gasteiger partial charge is 0.305 e. The van der Waals surface area contributed by atoms with Gasteiger partial charge < -0.3 is 20.3 Å². The van der Waals surface area contributed by atoms with Crippen LogP contribution in [0.25, 0.3) is 0 Å². The number of carbonyl (C=O) groups excluding carboxylic acids is 2. The van der Waals surface area contributed by atoms with Gasteiger partial charge in [-0.05, 0) is 51.4 Å². The molecule has 3 N–H and O–H groups in total. The molecule has 0 heterocycles. The van der Waals surface area contributed by atoms with E-state index in [0.717, 1.165) is 70.6 Å². The molecule has 0 saturated heterocycles. The zero-order valence-electron chi connectivity index (χ0n) is 44.0. The van der Waals surface area contributed by atoms with Gasteiger partial charge in [-0.3, -0.25) is 9.59 Å². The van der Waals surface area contributed by atoms with E-state index in [-0.39, 0.29) is 18.5 Å². The van der Waals surface area contributed by atoms with Crippen molar-refractivity contribution in [3.05, 3.63) is 12.2 Å². The van der Waals surface area contributed by atoms with Crippen LogP contribution in [0.5, 0.6) is 0 Å². The molecule has 0 aliphatic rings. The maximum absolute atomic E-state index is 12.5. The molecule has 2 unspecified atom stereocenters. The molecule has 1 amide bonds. The van der Waals surface area contributed by atoms with Gasteiger partial charge in [0.25, 0.3) is 0 Å². The molecule has 0 saturated carbocycles. The van der Waals surface area contributed by atoms with Gasteiger partial charge in [0.05, 0.1) is 25.4 Å². The summed E-state index contributed by atoms with van der Waals surface area (Å²) in [4.78, 5) is 24.6. The third kappa shape index (κ3) is 51.8. The van der Waals surface area contributed by atoms with Crippen molar-refractivity contribution < 1.29 is 24.5 Å². The van der Waals surface area contributed by atoms with Crippen LogP contribution < -0.4 is 5.32 Å². The molecule has 0 aliphatic heterocycles. The van der Waals surface area contributed by atoms with Crippen LogP contribution in [0.15, 0.2) is 12.2 Å². The molecule has 6 heteroatoms. The van der Waals surface area contributed by atoms with E-state index in [1.54, 1.807) is 0 Å². The van der Waals surface area contributed by atoms with Crippen LogP contribution >= 0.6 is 0 Å². The Bertz CT molecular complexity index is 970. The number of amides is 1. The van der Waals surface area contributed by atoms with Crippen LogP contribution in [-0.4, -0.2) is 47.4 Å². The quantitative estimate of drug-likeness (QED) is 0.0321. The zero-order chi connectivity index (χ0) is 47.2.